The molecule has 5 aliphatic heterocycles. The molecule has 7 rings (SSSR count). The van der Waals surface area contributed by atoms with Gasteiger partial charge in [-0.1, -0.05) is 23.7 Å². The summed E-state index contributed by atoms with van der Waals surface area (Å²) in [4.78, 5) is 25.0. The van der Waals surface area contributed by atoms with Gasteiger partial charge < -0.3 is 14.4 Å². The Morgan fingerprint density at radius 1 is 1.09 bits per heavy atom. The zero-order chi connectivity index (χ0) is 23.9. The maximum Gasteiger partial charge on any atom is 0.307 e. The Morgan fingerprint density at radius 3 is 2.71 bits per heavy atom. The van der Waals surface area contributed by atoms with Crippen molar-refractivity contribution in [2.45, 2.75) is 31.4 Å². The van der Waals surface area contributed by atoms with Crippen LogP contribution in [-0.2, 0) is 9.53 Å². The van der Waals surface area contributed by atoms with E-state index in [1.165, 1.54) is 0 Å². The lowest BCUT2D eigenvalue weighted by molar-refractivity contribution is -0.160. The summed E-state index contributed by atoms with van der Waals surface area (Å²) >= 11 is 6.28. The van der Waals surface area contributed by atoms with E-state index in [2.05, 4.69) is 21.7 Å². The summed E-state index contributed by atoms with van der Waals surface area (Å²) < 4.78 is 12.2. The second kappa shape index (κ2) is 9.45. The normalized spacial score (nSPS) is 27.8. The molecule has 8 heteroatoms. The molecule has 0 saturated carbocycles. The van der Waals surface area contributed by atoms with Gasteiger partial charge in [0.1, 0.15) is 23.4 Å². The van der Waals surface area contributed by atoms with Gasteiger partial charge in [0.15, 0.2) is 5.75 Å². The molecule has 4 fully saturated rings. The largest absolute Gasteiger partial charge is 0.461 e. The first-order chi connectivity index (χ1) is 17.0. The maximum atomic E-state index is 13.0. The Kier molecular flexibility index (Phi) is 6.16. The van der Waals surface area contributed by atoms with Crippen molar-refractivity contribution < 1.29 is 14.3 Å². The summed E-state index contributed by atoms with van der Waals surface area (Å²) in [6.07, 6.45) is 2.71. The summed E-state index contributed by atoms with van der Waals surface area (Å²) in [5, 5.41) is 0.619. The quantitative estimate of drug-likeness (QED) is 0.597. The first-order valence-electron chi connectivity index (χ1n) is 12.6. The van der Waals surface area contributed by atoms with Gasteiger partial charge in [0.2, 0.25) is 0 Å². The van der Waals surface area contributed by atoms with Crippen molar-refractivity contribution in [2.24, 2.45) is 10.9 Å². The number of hydrogen-bond donors (Lipinski definition) is 0. The number of carbonyl (C=O) groups excluding carboxylic acids is 1. The van der Waals surface area contributed by atoms with Crippen molar-refractivity contribution in [3.63, 3.8) is 0 Å². The van der Waals surface area contributed by atoms with E-state index in [9.17, 15) is 4.79 Å². The summed E-state index contributed by atoms with van der Waals surface area (Å²) in [6, 6.07) is 13.5. The lowest BCUT2D eigenvalue weighted by atomic mass is 9.86. The first kappa shape index (κ1) is 22.8. The summed E-state index contributed by atoms with van der Waals surface area (Å²) in [6.45, 7) is 5.50. The lowest BCUT2D eigenvalue weighted by Gasteiger charge is -2.44. The van der Waals surface area contributed by atoms with Crippen molar-refractivity contribution in [3.05, 3.63) is 53.1 Å². The van der Waals surface area contributed by atoms with Crippen LogP contribution in [0.25, 0.3) is 0 Å². The number of nitrogens with zero attached hydrogens (tertiary/aromatic N) is 4. The lowest BCUT2D eigenvalue weighted by Crippen LogP contribution is -2.55. The van der Waals surface area contributed by atoms with Gasteiger partial charge in [0, 0.05) is 37.2 Å². The highest BCUT2D eigenvalue weighted by Gasteiger charge is 2.37. The van der Waals surface area contributed by atoms with Crippen LogP contribution in [0.3, 0.4) is 0 Å². The molecule has 35 heavy (non-hydrogen) atoms. The smallest absolute Gasteiger partial charge is 0.307 e. The van der Waals surface area contributed by atoms with Gasteiger partial charge in [-0.2, -0.15) is 0 Å². The van der Waals surface area contributed by atoms with E-state index in [4.69, 9.17) is 26.1 Å². The molecule has 184 valence electrons. The number of likely N-dealkylation sites (N-methyl/N-ethyl adjacent to an activating group) is 1. The minimum Gasteiger partial charge on any atom is -0.461 e. The number of aliphatic imine (C=N–C) groups is 1. The molecule has 4 saturated heterocycles. The van der Waals surface area contributed by atoms with Crippen LogP contribution in [-0.4, -0.2) is 85.0 Å². The highest BCUT2D eigenvalue weighted by molar-refractivity contribution is 6.31. The van der Waals surface area contributed by atoms with Crippen LogP contribution in [0.15, 0.2) is 47.5 Å². The zero-order valence-electron chi connectivity index (χ0n) is 20.0. The van der Waals surface area contributed by atoms with Gasteiger partial charge in [0.05, 0.1) is 12.0 Å². The van der Waals surface area contributed by atoms with Crippen LogP contribution in [0.2, 0.25) is 5.02 Å². The third-order valence-corrected chi connectivity index (χ3v) is 8.09. The summed E-state index contributed by atoms with van der Waals surface area (Å²) in [7, 11) is 2.09. The molecule has 2 aromatic carbocycles. The van der Waals surface area contributed by atoms with Crippen LogP contribution < -0.4 is 4.74 Å². The van der Waals surface area contributed by atoms with E-state index in [0.717, 1.165) is 62.7 Å². The number of esters is 1. The van der Waals surface area contributed by atoms with Crippen molar-refractivity contribution in [1.29, 1.82) is 0 Å². The van der Waals surface area contributed by atoms with Crippen LogP contribution in [0.4, 0.5) is 5.69 Å². The van der Waals surface area contributed by atoms with E-state index in [0.29, 0.717) is 35.3 Å². The molecule has 2 bridgehead atoms. The van der Waals surface area contributed by atoms with E-state index in [1.54, 1.807) is 0 Å². The minimum absolute atomic E-state index is 0.0477. The third-order valence-electron chi connectivity index (χ3n) is 7.85. The monoisotopic (exact) mass is 494 g/mol. The molecule has 2 atom stereocenters. The summed E-state index contributed by atoms with van der Waals surface area (Å²) in [5.41, 5.74) is 1.65. The number of fused-ring (bicyclic) bond motifs is 5. The molecular formula is C27H31ClN4O3. The number of piperidine rings is 3. The Morgan fingerprint density at radius 2 is 1.91 bits per heavy atom. The molecule has 0 radical (unpaired) electrons. The predicted molar refractivity (Wildman–Crippen MR) is 136 cm³/mol. The SMILES string of the molecule is CN1CCN(C2=Nc3cc(Cl)ccc3Oc3ccccc32)C[C@@H]1CC(=O)O[C@@H]1CN2CCC1CC2. The number of piperazine rings is 1. The van der Waals surface area contributed by atoms with E-state index < -0.39 is 0 Å². The molecule has 0 unspecified atom stereocenters. The van der Waals surface area contributed by atoms with Gasteiger partial charge in [-0.05, 0) is 69.2 Å². The Balaban J connectivity index is 1.21. The van der Waals surface area contributed by atoms with Crippen molar-refractivity contribution in [3.8, 4) is 11.5 Å². The molecule has 0 N–H and O–H groups in total. The number of amidine groups is 1. The fourth-order valence-electron chi connectivity index (χ4n) is 5.75. The van der Waals surface area contributed by atoms with Crippen LogP contribution in [0.5, 0.6) is 11.5 Å². The van der Waals surface area contributed by atoms with Gasteiger partial charge >= 0.3 is 5.97 Å². The molecule has 0 amide bonds. The zero-order valence-corrected chi connectivity index (χ0v) is 20.8. The first-order valence-corrected chi connectivity index (χ1v) is 12.9. The molecule has 7 nitrogen and oxygen atoms in total. The predicted octanol–water partition coefficient (Wildman–Crippen LogP) is 4.17. The minimum atomic E-state index is -0.0916. The van der Waals surface area contributed by atoms with Gasteiger partial charge in [0.25, 0.3) is 0 Å². The average molecular weight is 495 g/mol. The third kappa shape index (κ3) is 4.65. The number of ether oxygens (including phenoxy) is 2. The van der Waals surface area contributed by atoms with Crippen molar-refractivity contribution in [1.82, 2.24) is 14.7 Å². The molecule has 5 aliphatic rings. The Hall–Kier alpha value is -2.61. The topological polar surface area (TPSA) is 57.6 Å². The van der Waals surface area contributed by atoms with Gasteiger partial charge in [-0.15, -0.1) is 0 Å². The van der Waals surface area contributed by atoms with Crippen LogP contribution in [0, 0.1) is 5.92 Å². The summed E-state index contributed by atoms with van der Waals surface area (Å²) in [5.74, 6) is 2.73. The van der Waals surface area contributed by atoms with Crippen LogP contribution in [0.1, 0.15) is 24.8 Å². The van der Waals surface area contributed by atoms with E-state index in [-0.39, 0.29) is 18.1 Å². The second-order valence-electron chi connectivity index (χ2n) is 10.1. The van der Waals surface area contributed by atoms with Crippen LogP contribution >= 0.6 is 11.6 Å². The number of carbonyl (C=O) groups is 1. The molecular weight excluding hydrogens is 464 g/mol. The number of benzene rings is 2. The fourth-order valence-corrected chi connectivity index (χ4v) is 5.92. The molecule has 0 spiro atoms. The van der Waals surface area contributed by atoms with Gasteiger partial charge in [-0.25, -0.2) is 4.99 Å². The van der Waals surface area contributed by atoms with Gasteiger partial charge in [-0.3, -0.25) is 14.6 Å². The molecule has 0 aromatic heterocycles. The average Bonchev–Trinajstić information content (AvgIpc) is 3.03. The fraction of sp³-hybridized carbons (Fsp3) is 0.481. The standard InChI is InChI=1S/C27H31ClN4O3/c1-30-12-13-32(16-20(30)15-26(33)35-25-17-31-10-8-18(25)9-11-31)27-21-4-2-3-5-23(21)34-24-7-6-19(28)14-22(24)29-27/h2-7,14,18,20,25H,8-13,15-17H2,1H3/t20-,25+/m0/s1. The number of para-hydroxylation sites is 1. The molecule has 5 heterocycles. The molecule has 0 aliphatic carbocycles. The Bertz CT molecular complexity index is 1150. The van der Waals surface area contributed by atoms with E-state index >= 15 is 0 Å². The van der Waals surface area contributed by atoms with Crippen molar-refractivity contribution in [2.75, 3.05) is 46.3 Å². The Labute approximate surface area is 211 Å². The van der Waals surface area contributed by atoms with E-state index in [1.807, 2.05) is 42.5 Å². The number of halogens is 1. The number of hydrogen-bond acceptors (Lipinski definition) is 7. The molecule has 2 aromatic rings. The maximum absolute atomic E-state index is 13.0. The second-order valence-corrected chi connectivity index (χ2v) is 10.5. The number of rotatable bonds is 3. The van der Waals surface area contributed by atoms with Crippen molar-refractivity contribution >= 4 is 29.1 Å². The highest BCUT2D eigenvalue weighted by atomic mass is 35.5. The highest BCUT2D eigenvalue weighted by Crippen LogP contribution is 2.40.